The van der Waals surface area contributed by atoms with Gasteiger partial charge in [0.15, 0.2) is 0 Å². The molecular formula is C20H23N5O. The average molecular weight is 349 g/mol. The van der Waals surface area contributed by atoms with E-state index in [2.05, 4.69) is 41.3 Å². The lowest BCUT2D eigenvalue weighted by atomic mass is 9.99. The van der Waals surface area contributed by atoms with Crippen LogP contribution in [0.5, 0.6) is 0 Å². The molecule has 0 saturated carbocycles. The fourth-order valence-electron chi connectivity index (χ4n) is 2.62. The largest absolute Gasteiger partial charge is 0.350 e. The number of hydrogen-bond acceptors (Lipinski definition) is 4. The molecule has 2 heterocycles. The zero-order valence-electron chi connectivity index (χ0n) is 15.0. The molecule has 6 heteroatoms. The smallest absolute Gasteiger partial charge is 0.252 e. The van der Waals surface area contributed by atoms with Gasteiger partial charge in [-0.1, -0.05) is 38.1 Å². The number of nitrogens with one attached hydrogen (secondary N) is 1. The summed E-state index contributed by atoms with van der Waals surface area (Å²) in [7, 11) is 0. The third-order valence-corrected chi connectivity index (χ3v) is 4.29. The van der Waals surface area contributed by atoms with Crippen LogP contribution in [0.3, 0.4) is 0 Å². The first kappa shape index (κ1) is 17.8. The maximum absolute atomic E-state index is 12.3. The highest BCUT2D eigenvalue weighted by atomic mass is 16.1. The normalized spacial score (nSPS) is 12.2. The van der Waals surface area contributed by atoms with Crippen molar-refractivity contribution in [2.24, 2.45) is 5.73 Å². The zero-order chi connectivity index (χ0) is 18.5. The monoisotopic (exact) mass is 349 g/mol. The number of pyridine rings is 1. The number of carbonyl (C=O) groups is 1. The molecule has 0 saturated heterocycles. The van der Waals surface area contributed by atoms with Crippen LogP contribution in [-0.2, 0) is 0 Å². The molecule has 1 atom stereocenters. The molecule has 0 aliphatic heterocycles. The molecule has 0 bridgehead atoms. The number of rotatable bonds is 6. The summed E-state index contributed by atoms with van der Waals surface area (Å²) in [6.07, 6.45) is 6.68. The Bertz CT molecular complexity index is 839. The number of nitrogens with zero attached hydrogens (tertiary/aromatic N) is 3. The molecule has 1 amide bonds. The van der Waals surface area contributed by atoms with Crippen LogP contribution in [0.2, 0.25) is 0 Å². The highest BCUT2D eigenvalue weighted by Crippen LogP contribution is 2.17. The second-order valence-electron chi connectivity index (χ2n) is 6.51. The van der Waals surface area contributed by atoms with E-state index in [1.54, 1.807) is 41.6 Å². The minimum atomic E-state index is -0.252. The van der Waals surface area contributed by atoms with E-state index < -0.39 is 0 Å². The molecular weight excluding hydrogens is 326 g/mol. The van der Waals surface area contributed by atoms with E-state index in [-0.39, 0.29) is 11.9 Å². The summed E-state index contributed by atoms with van der Waals surface area (Å²) >= 11 is 0. The summed E-state index contributed by atoms with van der Waals surface area (Å²) in [5.74, 6) is 1.00. The van der Waals surface area contributed by atoms with Crippen LogP contribution in [0.4, 0.5) is 0 Å². The maximum Gasteiger partial charge on any atom is 0.252 e. The Morgan fingerprint density at radius 3 is 2.46 bits per heavy atom. The Balaban J connectivity index is 1.57. The lowest BCUT2D eigenvalue weighted by Crippen LogP contribution is -2.32. The second-order valence-corrected chi connectivity index (χ2v) is 6.51. The first-order chi connectivity index (χ1) is 12.5. The Morgan fingerprint density at radius 2 is 1.88 bits per heavy atom. The SMILES string of the molecule is CC(C)c1ccc(C(N)CNC(=O)c2ccc(-n3ccnc3)nc2)cc1. The fourth-order valence-corrected chi connectivity index (χ4v) is 2.62. The molecule has 0 aliphatic rings. The van der Waals surface area contributed by atoms with Gasteiger partial charge in [-0.15, -0.1) is 0 Å². The van der Waals surface area contributed by atoms with Gasteiger partial charge in [-0.3, -0.25) is 9.36 Å². The Labute approximate surface area is 153 Å². The van der Waals surface area contributed by atoms with Gasteiger partial charge in [-0.2, -0.15) is 0 Å². The number of hydrogen-bond donors (Lipinski definition) is 2. The summed E-state index contributed by atoms with van der Waals surface area (Å²) in [5.41, 5.74) is 8.97. The maximum atomic E-state index is 12.3. The van der Waals surface area contributed by atoms with Crippen molar-refractivity contribution >= 4 is 5.91 Å². The third-order valence-electron chi connectivity index (χ3n) is 4.29. The van der Waals surface area contributed by atoms with E-state index in [1.165, 1.54) is 5.56 Å². The van der Waals surface area contributed by atoms with E-state index in [4.69, 9.17) is 5.73 Å². The Kier molecular flexibility index (Phi) is 5.43. The lowest BCUT2D eigenvalue weighted by Gasteiger charge is -2.14. The number of imidazole rings is 1. The quantitative estimate of drug-likeness (QED) is 0.716. The number of amides is 1. The van der Waals surface area contributed by atoms with Gasteiger partial charge >= 0.3 is 0 Å². The minimum Gasteiger partial charge on any atom is -0.350 e. The summed E-state index contributed by atoms with van der Waals surface area (Å²) in [4.78, 5) is 20.6. The van der Waals surface area contributed by atoms with Crippen molar-refractivity contribution in [3.63, 3.8) is 0 Å². The number of carbonyl (C=O) groups excluding carboxylic acids is 1. The van der Waals surface area contributed by atoms with Crippen molar-refractivity contribution in [3.05, 3.63) is 78.0 Å². The van der Waals surface area contributed by atoms with E-state index in [9.17, 15) is 4.79 Å². The van der Waals surface area contributed by atoms with Gasteiger partial charge in [0.05, 0.1) is 5.56 Å². The van der Waals surface area contributed by atoms with Crippen molar-refractivity contribution in [2.45, 2.75) is 25.8 Å². The van der Waals surface area contributed by atoms with Gasteiger partial charge < -0.3 is 11.1 Å². The number of nitrogens with two attached hydrogens (primary N) is 1. The predicted molar refractivity (Wildman–Crippen MR) is 101 cm³/mol. The van der Waals surface area contributed by atoms with Crippen LogP contribution in [0.15, 0.2) is 61.3 Å². The predicted octanol–water partition coefficient (Wildman–Crippen LogP) is 2.82. The van der Waals surface area contributed by atoms with E-state index in [0.717, 1.165) is 5.56 Å². The van der Waals surface area contributed by atoms with Crippen LogP contribution in [-0.4, -0.2) is 27.0 Å². The molecule has 6 nitrogen and oxygen atoms in total. The summed E-state index contributed by atoms with van der Waals surface area (Å²) in [5, 5.41) is 2.87. The van der Waals surface area contributed by atoms with Gasteiger partial charge in [0.2, 0.25) is 0 Å². The Morgan fingerprint density at radius 1 is 1.15 bits per heavy atom. The van der Waals surface area contributed by atoms with Gasteiger partial charge in [0.1, 0.15) is 12.1 Å². The van der Waals surface area contributed by atoms with Gasteiger partial charge in [-0.25, -0.2) is 9.97 Å². The molecule has 0 radical (unpaired) electrons. The number of benzene rings is 1. The second kappa shape index (κ2) is 7.93. The number of aromatic nitrogens is 3. The molecule has 0 aliphatic carbocycles. The molecule has 3 aromatic rings. The third kappa shape index (κ3) is 4.15. The van der Waals surface area contributed by atoms with Crippen molar-refractivity contribution in [1.82, 2.24) is 19.9 Å². The molecule has 3 rings (SSSR count). The molecule has 0 fully saturated rings. The molecule has 0 spiro atoms. The van der Waals surface area contributed by atoms with Gasteiger partial charge in [0, 0.05) is 31.2 Å². The highest BCUT2D eigenvalue weighted by Gasteiger charge is 2.11. The zero-order valence-corrected chi connectivity index (χ0v) is 15.0. The van der Waals surface area contributed by atoms with Crippen molar-refractivity contribution in [1.29, 1.82) is 0 Å². The van der Waals surface area contributed by atoms with Crippen LogP contribution in [0.25, 0.3) is 5.82 Å². The van der Waals surface area contributed by atoms with Crippen LogP contribution >= 0.6 is 0 Å². The van der Waals surface area contributed by atoms with Crippen molar-refractivity contribution in [3.8, 4) is 5.82 Å². The van der Waals surface area contributed by atoms with Crippen LogP contribution in [0, 0.1) is 0 Å². The molecule has 134 valence electrons. The van der Waals surface area contributed by atoms with E-state index in [1.807, 2.05) is 12.1 Å². The van der Waals surface area contributed by atoms with Crippen molar-refractivity contribution in [2.75, 3.05) is 6.54 Å². The molecule has 26 heavy (non-hydrogen) atoms. The first-order valence-electron chi connectivity index (χ1n) is 8.62. The molecule has 1 aromatic carbocycles. The van der Waals surface area contributed by atoms with E-state index in [0.29, 0.717) is 23.8 Å². The Hall–Kier alpha value is -2.99. The summed E-state index contributed by atoms with van der Waals surface area (Å²) in [6.45, 7) is 4.67. The summed E-state index contributed by atoms with van der Waals surface area (Å²) in [6, 6.07) is 11.5. The standard InChI is InChI=1S/C20H23N5O/c1-14(2)15-3-5-16(6-4-15)18(21)12-24-20(26)17-7-8-19(23-11-17)25-10-9-22-13-25/h3-11,13-14,18H,12,21H2,1-2H3,(H,24,26). The molecule has 2 aromatic heterocycles. The van der Waals surface area contributed by atoms with E-state index >= 15 is 0 Å². The van der Waals surface area contributed by atoms with Crippen molar-refractivity contribution < 1.29 is 4.79 Å². The average Bonchev–Trinajstić information content (AvgIpc) is 3.21. The van der Waals surface area contributed by atoms with Crippen LogP contribution in [0.1, 0.15) is 47.3 Å². The highest BCUT2D eigenvalue weighted by molar-refractivity contribution is 5.93. The fraction of sp³-hybridized carbons (Fsp3) is 0.250. The topological polar surface area (TPSA) is 85.8 Å². The summed E-state index contributed by atoms with van der Waals surface area (Å²) < 4.78 is 1.78. The van der Waals surface area contributed by atoms with Gasteiger partial charge in [-0.05, 0) is 29.2 Å². The van der Waals surface area contributed by atoms with Gasteiger partial charge in [0.25, 0.3) is 5.91 Å². The minimum absolute atomic E-state index is 0.191. The molecule has 3 N–H and O–H groups in total. The molecule has 1 unspecified atom stereocenters. The lowest BCUT2D eigenvalue weighted by molar-refractivity contribution is 0.0951. The van der Waals surface area contributed by atoms with Crippen LogP contribution < -0.4 is 11.1 Å². The first-order valence-corrected chi connectivity index (χ1v) is 8.62.